The van der Waals surface area contributed by atoms with Crippen molar-refractivity contribution in [2.45, 2.75) is 6.92 Å². The second kappa shape index (κ2) is 5.56. The van der Waals surface area contributed by atoms with E-state index in [4.69, 9.17) is 9.15 Å². The number of hydrogen-bond acceptors (Lipinski definition) is 3. The lowest BCUT2D eigenvalue weighted by Gasteiger charge is -2.07. The van der Waals surface area contributed by atoms with Gasteiger partial charge in [-0.2, -0.15) is 0 Å². The van der Waals surface area contributed by atoms with E-state index in [1.165, 1.54) is 0 Å². The zero-order valence-electron chi connectivity index (χ0n) is 11.4. The fourth-order valence-corrected chi connectivity index (χ4v) is 2.10. The highest BCUT2D eigenvalue weighted by molar-refractivity contribution is 5.81. The van der Waals surface area contributed by atoms with Gasteiger partial charge in [0.1, 0.15) is 11.7 Å². The molecule has 0 aliphatic rings. The van der Waals surface area contributed by atoms with Crippen LogP contribution < -0.4 is 10.2 Å². The summed E-state index contributed by atoms with van der Waals surface area (Å²) in [7, 11) is 0. The molecule has 1 aromatic heterocycles. The Kier molecular flexibility index (Phi) is 3.44. The second-order valence-corrected chi connectivity index (χ2v) is 4.41. The zero-order valence-corrected chi connectivity index (χ0v) is 11.4. The predicted octanol–water partition coefficient (Wildman–Crippen LogP) is 3.82. The van der Waals surface area contributed by atoms with Crippen molar-refractivity contribution < 1.29 is 9.15 Å². The summed E-state index contributed by atoms with van der Waals surface area (Å²) < 4.78 is 11.2. The van der Waals surface area contributed by atoms with Crippen LogP contribution in [0.5, 0.6) is 5.75 Å². The van der Waals surface area contributed by atoms with E-state index in [-0.39, 0.29) is 11.2 Å². The third-order valence-corrected chi connectivity index (χ3v) is 3.05. The van der Waals surface area contributed by atoms with Crippen LogP contribution in [0, 0.1) is 12.0 Å². The Bertz CT molecular complexity index is 896. The highest BCUT2D eigenvalue weighted by Crippen LogP contribution is 2.30. The third-order valence-electron chi connectivity index (χ3n) is 3.05. The topological polar surface area (TPSA) is 39.4 Å². The van der Waals surface area contributed by atoms with Crippen molar-refractivity contribution in [2.24, 2.45) is 0 Å². The highest BCUT2D eigenvalue weighted by Gasteiger charge is 2.17. The molecule has 0 N–H and O–H groups in total. The molecule has 2 aromatic carbocycles. The van der Waals surface area contributed by atoms with Crippen molar-refractivity contribution in [1.82, 2.24) is 0 Å². The Hall–Kier alpha value is -2.99. The fraction of sp³-hybridized carbons (Fsp3) is 0.0556. The Balaban J connectivity index is 2.35. The molecule has 21 heavy (non-hydrogen) atoms. The average Bonchev–Trinajstić information content (AvgIpc) is 2.55. The molecule has 0 saturated heterocycles. The molecule has 0 fully saturated rings. The Morgan fingerprint density at radius 2 is 1.71 bits per heavy atom. The maximum Gasteiger partial charge on any atom is 0.237 e. The van der Waals surface area contributed by atoms with Crippen LogP contribution in [0.2, 0.25) is 0 Å². The summed E-state index contributed by atoms with van der Waals surface area (Å²) in [6.45, 7) is 1.64. The number of ether oxygens (including phenoxy) is 1. The van der Waals surface area contributed by atoms with Crippen LogP contribution >= 0.6 is 0 Å². The summed E-state index contributed by atoms with van der Waals surface area (Å²) in [5, 5.41) is 0.477. The molecule has 0 unspecified atom stereocenters. The first-order chi connectivity index (χ1) is 10.3. The van der Waals surface area contributed by atoms with Crippen LogP contribution in [-0.2, 0) is 0 Å². The molecule has 0 saturated carbocycles. The number of rotatable bonds is 2. The first-order valence-corrected chi connectivity index (χ1v) is 6.51. The smallest absolute Gasteiger partial charge is 0.237 e. The molecular weight excluding hydrogens is 264 g/mol. The summed E-state index contributed by atoms with van der Waals surface area (Å²) in [6.07, 6.45) is 2.47. The number of para-hydroxylation sites is 1. The molecule has 3 aromatic rings. The molecular formula is C18H12O3. The molecule has 3 heteroatoms. The van der Waals surface area contributed by atoms with Gasteiger partial charge in [-0.1, -0.05) is 48.4 Å². The van der Waals surface area contributed by atoms with Crippen molar-refractivity contribution in [3.05, 3.63) is 64.8 Å². The highest BCUT2D eigenvalue weighted by atomic mass is 16.5. The summed E-state index contributed by atoms with van der Waals surface area (Å²) >= 11 is 0. The van der Waals surface area contributed by atoms with Gasteiger partial charge in [0.05, 0.1) is 5.39 Å². The Morgan fingerprint density at radius 1 is 1.00 bits per heavy atom. The molecule has 0 radical (unpaired) electrons. The van der Waals surface area contributed by atoms with Gasteiger partial charge in [-0.15, -0.1) is 0 Å². The van der Waals surface area contributed by atoms with E-state index < -0.39 is 0 Å². The van der Waals surface area contributed by atoms with E-state index in [0.29, 0.717) is 16.7 Å². The van der Waals surface area contributed by atoms with Crippen LogP contribution in [0.25, 0.3) is 22.3 Å². The molecule has 0 spiro atoms. The molecule has 3 rings (SSSR count). The van der Waals surface area contributed by atoms with E-state index in [0.717, 1.165) is 5.56 Å². The lowest BCUT2D eigenvalue weighted by molar-refractivity contribution is 0.487. The second-order valence-electron chi connectivity index (χ2n) is 4.41. The molecule has 0 aliphatic carbocycles. The van der Waals surface area contributed by atoms with E-state index in [1.54, 1.807) is 25.1 Å². The van der Waals surface area contributed by atoms with E-state index >= 15 is 0 Å². The number of fused-ring (bicyclic) bond motifs is 1. The lowest BCUT2D eigenvalue weighted by atomic mass is 10.1. The summed E-state index contributed by atoms with van der Waals surface area (Å²) in [6, 6.07) is 16.5. The Labute approximate surface area is 121 Å². The van der Waals surface area contributed by atoms with Gasteiger partial charge in [0.2, 0.25) is 11.2 Å². The third kappa shape index (κ3) is 2.39. The van der Waals surface area contributed by atoms with Gasteiger partial charge in [0.25, 0.3) is 0 Å². The van der Waals surface area contributed by atoms with Crippen molar-refractivity contribution in [2.75, 3.05) is 0 Å². The van der Waals surface area contributed by atoms with Crippen LogP contribution in [0.3, 0.4) is 0 Å². The van der Waals surface area contributed by atoms with Gasteiger partial charge in [-0.3, -0.25) is 4.79 Å². The zero-order chi connectivity index (χ0) is 14.7. The minimum Gasteiger partial charge on any atom is -0.452 e. The van der Waals surface area contributed by atoms with Crippen LogP contribution in [0.4, 0.5) is 0 Å². The number of hydrogen-bond donors (Lipinski definition) is 0. The van der Waals surface area contributed by atoms with Crippen LogP contribution in [-0.4, -0.2) is 0 Å². The lowest BCUT2D eigenvalue weighted by Crippen LogP contribution is -2.07. The fourth-order valence-electron chi connectivity index (χ4n) is 2.10. The van der Waals surface area contributed by atoms with Crippen molar-refractivity contribution in [3.63, 3.8) is 0 Å². The Morgan fingerprint density at radius 3 is 2.48 bits per heavy atom. The minimum absolute atomic E-state index is 0.120. The summed E-state index contributed by atoms with van der Waals surface area (Å²) in [5.74, 6) is 3.13. The molecule has 0 bridgehead atoms. The van der Waals surface area contributed by atoms with Gasteiger partial charge >= 0.3 is 0 Å². The van der Waals surface area contributed by atoms with Gasteiger partial charge in [0, 0.05) is 12.5 Å². The van der Waals surface area contributed by atoms with E-state index in [9.17, 15) is 4.79 Å². The van der Waals surface area contributed by atoms with Crippen molar-refractivity contribution in [1.29, 1.82) is 0 Å². The van der Waals surface area contributed by atoms with Gasteiger partial charge in [-0.05, 0) is 12.1 Å². The average molecular weight is 276 g/mol. The SMILES string of the molecule is CC#COc1c(-c2ccccc2)oc2ccccc2c1=O. The molecule has 1 heterocycles. The summed E-state index contributed by atoms with van der Waals surface area (Å²) in [5.41, 5.74) is 1.07. The molecule has 102 valence electrons. The normalized spacial score (nSPS) is 9.95. The monoisotopic (exact) mass is 276 g/mol. The van der Waals surface area contributed by atoms with Gasteiger partial charge < -0.3 is 9.15 Å². The van der Waals surface area contributed by atoms with E-state index in [2.05, 4.69) is 12.0 Å². The van der Waals surface area contributed by atoms with E-state index in [1.807, 2.05) is 36.4 Å². The largest absolute Gasteiger partial charge is 0.452 e. The maximum atomic E-state index is 12.6. The number of benzene rings is 2. The molecule has 3 nitrogen and oxygen atoms in total. The standard InChI is InChI=1S/C18H12O3/c1-2-12-20-18-16(19)14-10-6-7-11-15(14)21-17(18)13-8-4-3-5-9-13/h3-11H,1H3. The molecule has 0 atom stereocenters. The summed E-state index contributed by atoms with van der Waals surface area (Å²) in [4.78, 5) is 12.6. The van der Waals surface area contributed by atoms with Crippen LogP contribution in [0.1, 0.15) is 6.92 Å². The van der Waals surface area contributed by atoms with Gasteiger partial charge in [-0.25, -0.2) is 0 Å². The van der Waals surface area contributed by atoms with Gasteiger partial charge in [0.15, 0.2) is 5.76 Å². The minimum atomic E-state index is -0.224. The predicted molar refractivity (Wildman–Crippen MR) is 82.0 cm³/mol. The van der Waals surface area contributed by atoms with Crippen LogP contribution in [0.15, 0.2) is 63.8 Å². The van der Waals surface area contributed by atoms with Crippen molar-refractivity contribution >= 4 is 11.0 Å². The molecule has 0 aliphatic heterocycles. The molecule has 0 amide bonds. The quantitative estimate of drug-likeness (QED) is 0.668. The first-order valence-electron chi connectivity index (χ1n) is 6.51. The maximum absolute atomic E-state index is 12.6. The first kappa shape index (κ1) is 13.0. The van der Waals surface area contributed by atoms with Crippen molar-refractivity contribution in [3.8, 4) is 29.1 Å².